The standard InChI is InChI=1S/C21H18ClFN8/c22-10-13-3-5-14(6-4-13)31-20(15-2-1-9-27-19(15)24)29-17-8-7-16(28-21(17)31)18(30-25)11-26-12-23/h1-9,11H,10,12,25H2,(H2,24,27). The van der Waals surface area contributed by atoms with E-state index in [9.17, 15) is 4.39 Å². The zero-order valence-corrected chi connectivity index (χ0v) is 17.0. The van der Waals surface area contributed by atoms with Crippen molar-refractivity contribution in [1.29, 1.82) is 0 Å². The highest BCUT2D eigenvalue weighted by Gasteiger charge is 2.19. The molecule has 0 radical (unpaired) electrons. The van der Waals surface area contributed by atoms with E-state index in [1.807, 2.05) is 34.9 Å². The average molecular weight is 437 g/mol. The van der Waals surface area contributed by atoms with Gasteiger partial charge in [-0.2, -0.15) is 5.10 Å². The first-order valence-electron chi connectivity index (χ1n) is 9.26. The van der Waals surface area contributed by atoms with Crippen molar-refractivity contribution in [2.24, 2.45) is 15.9 Å². The van der Waals surface area contributed by atoms with Crippen LogP contribution < -0.4 is 11.6 Å². The Morgan fingerprint density at radius 2 is 1.94 bits per heavy atom. The lowest BCUT2D eigenvalue weighted by Gasteiger charge is -2.11. The number of imidazole rings is 1. The van der Waals surface area contributed by atoms with Gasteiger partial charge in [0.05, 0.1) is 17.5 Å². The zero-order chi connectivity index (χ0) is 21.8. The number of benzene rings is 1. The predicted molar refractivity (Wildman–Crippen MR) is 121 cm³/mol. The van der Waals surface area contributed by atoms with E-state index in [-0.39, 0.29) is 5.71 Å². The van der Waals surface area contributed by atoms with E-state index in [0.29, 0.717) is 39.9 Å². The lowest BCUT2D eigenvalue weighted by Crippen LogP contribution is -2.09. The van der Waals surface area contributed by atoms with Gasteiger partial charge in [-0.05, 0) is 42.0 Å². The van der Waals surface area contributed by atoms with Crippen molar-refractivity contribution >= 4 is 40.5 Å². The smallest absolute Gasteiger partial charge is 0.179 e. The summed E-state index contributed by atoms with van der Waals surface area (Å²) in [7, 11) is 0. The number of aliphatic imine (C=N–C) groups is 1. The molecule has 10 heteroatoms. The summed E-state index contributed by atoms with van der Waals surface area (Å²) in [4.78, 5) is 17.2. The van der Waals surface area contributed by atoms with Gasteiger partial charge in [0.25, 0.3) is 0 Å². The van der Waals surface area contributed by atoms with E-state index >= 15 is 0 Å². The molecule has 1 aromatic carbocycles. The minimum Gasteiger partial charge on any atom is -0.383 e. The number of nitrogens with two attached hydrogens (primary N) is 2. The molecule has 31 heavy (non-hydrogen) atoms. The Morgan fingerprint density at radius 1 is 1.13 bits per heavy atom. The quantitative estimate of drug-likeness (QED) is 0.158. The van der Waals surface area contributed by atoms with Crippen molar-refractivity contribution in [3.63, 3.8) is 0 Å². The molecule has 156 valence electrons. The second kappa shape index (κ2) is 8.88. The van der Waals surface area contributed by atoms with Gasteiger partial charge in [-0.3, -0.25) is 9.56 Å². The average Bonchev–Trinajstić information content (AvgIpc) is 3.18. The summed E-state index contributed by atoms with van der Waals surface area (Å²) in [5.41, 5.74) is 10.4. The minimum absolute atomic E-state index is 0.243. The maximum absolute atomic E-state index is 12.5. The molecule has 0 atom stereocenters. The maximum Gasteiger partial charge on any atom is 0.179 e. The number of aromatic nitrogens is 4. The topological polar surface area (TPSA) is 120 Å². The molecule has 0 bridgehead atoms. The molecule has 0 saturated heterocycles. The van der Waals surface area contributed by atoms with Crippen LogP contribution in [0.25, 0.3) is 28.2 Å². The number of nitrogens with zero attached hydrogens (tertiary/aromatic N) is 6. The van der Waals surface area contributed by atoms with Crippen LogP contribution in [-0.4, -0.2) is 38.2 Å². The number of nitrogen functional groups attached to an aromatic ring is 1. The molecule has 0 aliphatic heterocycles. The third-order valence-electron chi connectivity index (χ3n) is 4.62. The van der Waals surface area contributed by atoms with Crippen molar-refractivity contribution in [3.05, 3.63) is 66.0 Å². The summed E-state index contributed by atoms with van der Waals surface area (Å²) in [6.45, 7) is -0.878. The largest absolute Gasteiger partial charge is 0.383 e. The molecule has 0 fully saturated rings. The number of pyridine rings is 2. The van der Waals surface area contributed by atoms with E-state index in [1.54, 1.807) is 24.4 Å². The molecule has 8 nitrogen and oxygen atoms in total. The van der Waals surface area contributed by atoms with Crippen LogP contribution >= 0.6 is 11.6 Å². The van der Waals surface area contributed by atoms with Crippen LogP contribution in [0.1, 0.15) is 11.3 Å². The van der Waals surface area contributed by atoms with Crippen LogP contribution in [0.15, 0.2) is 64.8 Å². The number of hydrogen-bond acceptors (Lipinski definition) is 7. The summed E-state index contributed by atoms with van der Waals surface area (Å²) >= 11 is 5.94. The van der Waals surface area contributed by atoms with E-state index in [4.69, 9.17) is 28.2 Å². The summed E-state index contributed by atoms with van der Waals surface area (Å²) < 4.78 is 14.3. The Kier molecular flexibility index (Phi) is 5.85. The molecule has 0 amide bonds. The Labute approximate surface area is 182 Å². The van der Waals surface area contributed by atoms with Gasteiger partial charge in [-0.15, -0.1) is 11.6 Å². The molecular weight excluding hydrogens is 419 g/mol. The summed E-state index contributed by atoms with van der Waals surface area (Å²) in [6.07, 6.45) is 2.86. The fourth-order valence-electron chi connectivity index (χ4n) is 3.15. The van der Waals surface area contributed by atoms with Gasteiger partial charge in [-0.1, -0.05) is 12.1 Å². The molecule has 3 heterocycles. The van der Waals surface area contributed by atoms with Gasteiger partial charge < -0.3 is 11.6 Å². The molecule has 0 saturated carbocycles. The van der Waals surface area contributed by atoms with Gasteiger partial charge in [-0.25, -0.2) is 19.3 Å². The summed E-state index contributed by atoms with van der Waals surface area (Å²) in [5, 5.41) is 3.67. The Bertz CT molecular complexity index is 1280. The van der Waals surface area contributed by atoms with Crippen molar-refractivity contribution in [2.75, 3.05) is 12.5 Å². The van der Waals surface area contributed by atoms with Crippen LogP contribution in [0.4, 0.5) is 10.2 Å². The molecule has 0 spiro atoms. The molecule has 3 aromatic heterocycles. The number of rotatable bonds is 6. The Hall–Kier alpha value is -3.85. The van der Waals surface area contributed by atoms with Crippen LogP contribution in [-0.2, 0) is 5.88 Å². The molecule has 0 aliphatic carbocycles. The van der Waals surface area contributed by atoms with Gasteiger partial charge in [0, 0.05) is 17.8 Å². The number of halogens is 2. The highest BCUT2D eigenvalue weighted by molar-refractivity contribution is 6.37. The van der Waals surface area contributed by atoms with Gasteiger partial charge >= 0.3 is 0 Å². The van der Waals surface area contributed by atoms with Crippen LogP contribution in [0, 0.1) is 0 Å². The van der Waals surface area contributed by atoms with E-state index in [1.165, 1.54) is 6.21 Å². The van der Waals surface area contributed by atoms with Gasteiger partial charge in [0.1, 0.15) is 17.0 Å². The van der Waals surface area contributed by atoms with Gasteiger partial charge in [0.15, 0.2) is 18.3 Å². The Balaban J connectivity index is 1.98. The van der Waals surface area contributed by atoms with Crippen LogP contribution in [0.5, 0.6) is 0 Å². The SMILES string of the molecule is NN=C(C=NCF)c1ccc2nc(-c3cccnc3N)n(-c3ccc(CCl)cc3)c2n1. The molecule has 4 aromatic rings. The van der Waals surface area contributed by atoms with E-state index < -0.39 is 6.80 Å². The molecule has 4 N–H and O–H groups in total. The molecular formula is C21H18ClFN8. The molecule has 0 aliphatic rings. The normalized spacial score (nSPS) is 12.1. The number of fused-ring (bicyclic) bond motifs is 1. The molecule has 0 unspecified atom stereocenters. The lowest BCUT2D eigenvalue weighted by atomic mass is 10.2. The first-order chi connectivity index (χ1) is 15.2. The minimum atomic E-state index is -0.878. The fraction of sp³-hybridized carbons (Fsp3) is 0.0952. The number of hydrogen-bond donors (Lipinski definition) is 2. The highest BCUT2D eigenvalue weighted by atomic mass is 35.5. The predicted octanol–water partition coefficient (Wildman–Crippen LogP) is 3.46. The van der Waals surface area contributed by atoms with Gasteiger partial charge in [0.2, 0.25) is 0 Å². The number of anilines is 1. The third kappa shape index (κ3) is 3.95. The van der Waals surface area contributed by atoms with Crippen LogP contribution in [0.3, 0.4) is 0 Å². The van der Waals surface area contributed by atoms with Crippen molar-refractivity contribution in [2.45, 2.75) is 5.88 Å². The number of alkyl halides is 2. The van der Waals surface area contributed by atoms with Crippen LogP contribution in [0.2, 0.25) is 0 Å². The highest BCUT2D eigenvalue weighted by Crippen LogP contribution is 2.30. The maximum atomic E-state index is 12.5. The first kappa shape index (κ1) is 20.4. The fourth-order valence-corrected chi connectivity index (χ4v) is 3.33. The van der Waals surface area contributed by atoms with Crippen molar-refractivity contribution < 1.29 is 4.39 Å². The third-order valence-corrected chi connectivity index (χ3v) is 4.93. The second-order valence-electron chi connectivity index (χ2n) is 6.49. The monoisotopic (exact) mass is 436 g/mol. The van der Waals surface area contributed by atoms with Crippen molar-refractivity contribution in [1.82, 2.24) is 19.5 Å². The summed E-state index contributed by atoms with van der Waals surface area (Å²) in [5.74, 6) is 6.78. The Morgan fingerprint density at radius 3 is 2.61 bits per heavy atom. The second-order valence-corrected chi connectivity index (χ2v) is 6.76. The lowest BCUT2D eigenvalue weighted by molar-refractivity contribution is 0.514. The van der Waals surface area contributed by atoms with E-state index in [0.717, 1.165) is 11.3 Å². The summed E-state index contributed by atoms with van der Waals surface area (Å²) in [6, 6.07) is 14.8. The zero-order valence-electron chi connectivity index (χ0n) is 16.3. The van der Waals surface area contributed by atoms with Crippen molar-refractivity contribution in [3.8, 4) is 17.1 Å². The molecule has 4 rings (SSSR count). The first-order valence-corrected chi connectivity index (χ1v) is 9.79. The number of hydrazone groups is 1. The van der Waals surface area contributed by atoms with E-state index in [2.05, 4.69) is 20.1 Å².